The molecule has 0 saturated heterocycles. The number of ether oxygens (including phenoxy) is 1. The highest BCUT2D eigenvalue weighted by molar-refractivity contribution is 5.71. The summed E-state index contributed by atoms with van der Waals surface area (Å²) in [6, 6.07) is 18.2. The van der Waals surface area contributed by atoms with Crippen molar-refractivity contribution < 1.29 is 9.53 Å². The maximum absolute atomic E-state index is 12.6. The van der Waals surface area contributed by atoms with E-state index in [9.17, 15) is 4.79 Å². The highest BCUT2D eigenvalue weighted by Crippen LogP contribution is 2.30. The van der Waals surface area contributed by atoms with E-state index in [2.05, 4.69) is 35.5 Å². The molecule has 5 heteroatoms. The Hall–Kier alpha value is -3.08. The summed E-state index contributed by atoms with van der Waals surface area (Å²) in [7, 11) is 0. The van der Waals surface area contributed by atoms with Crippen molar-refractivity contribution in [2.45, 2.75) is 45.1 Å². The van der Waals surface area contributed by atoms with Crippen LogP contribution in [-0.4, -0.2) is 15.9 Å². The van der Waals surface area contributed by atoms with Gasteiger partial charge in [0.1, 0.15) is 0 Å². The molecule has 1 heterocycles. The van der Waals surface area contributed by atoms with E-state index >= 15 is 0 Å². The van der Waals surface area contributed by atoms with Gasteiger partial charge in [-0.05, 0) is 48.9 Å². The van der Waals surface area contributed by atoms with Gasteiger partial charge in [0.25, 0.3) is 0 Å². The van der Waals surface area contributed by atoms with Gasteiger partial charge >= 0.3 is 6.09 Å². The molecule has 28 heavy (non-hydrogen) atoms. The van der Waals surface area contributed by atoms with E-state index in [1.807, 2.05) is 41.1 Å². The summed E-state index contributed by atoms with van der Waals surface area (Å²) < 4.78 is 7.53. The third-order valence-electron chi connectivity index (χ3n) is 5.18. The Morgan fingerprint density at radius 2 is 1.96 bits per heavy atom. The lowest BCUT2D eigenvalue weighted by molar-refractivity contribution is 0.194. The van der Waals surface area contributed by atoms with Crippen LogP contribution in [0.5, 0.6) is 5.75 Å². The molecule has 2 aromatic carbocycles. The second-order valence-electron chi connectivity index (χ2n) is 7.13. The number of nitrogens with one attached hydrogen (secondary N) is 1. The molecule has 0 radical (unpaired) electrons. The van der Waals surface area contributed by atoms with Gasteiger partial charge in [-0.3, -0.25) is 0 Å². The highest BCUT2D eigenvalue weighted by atomic mass is 16.6. The first-order valence-electron chi connectivity index (χ1n) is 9.94. The van der Waals surface area contributed by atoms with E-state index in [0.717, 1.165) is 43.5 Å². The molecule has 0 fully saturated rings. The number of nitrogens with zero attached hydrogens (tertiary/aromatic N) is 2. The zero-order chi connectivity index (χ0) is 19.3. The summed E-state index contributed by atoms with van der Waals surface area (Å²) >= 11 is 0. The lowest BCUT2D eigenvalue weighted by Crippen LogP contribution is -2.33. The summed E-state index contributed by atoms with van der Waals surface area (Å²) in [5.41, 5.74) is 4.37. The van der Waals surface area contributed by atoms with Crippen LogP contribution in [0.1, 0.15) is 49.0 Å². The lowest BCUT2D eigenvalue weighted by atomic mass is 9.88. The number of amides is 1. The number of aryl methyl sites for hydroxylation is 1. The van der Waals surface area contributed by atoms with Crippen LogP contribution in [0, 0.1) is 0 Å². The molecule has 0 spiro atoms. The number of rotatable bonds is 5. The standard InChI is InChI=1S/C23H25N3O2/c1-2-9-21-22(16-24-26(21)18-12-4-3-5-13-18)28-23(27)25-20-15-8-11-17-10-6-7-14-19(17)20/h3-7,10,12-14,16,20H,2,8-9,11,15H2,1H3,(H,25,27). The Morgan fingerprint density at radius 1 is 1.18 bits per heavy atom. The molecular weight excluding hydrogens is 350 g/mol. The predicted octanol–water partition coefficient (Wildman–Crippen LogP) is 4.99. The van der Waals surface area contributed by atoms with Gasteiger partial charge in [0, 0.05) is 0 Å². The quantitative estimate of drug-likeness (QED) is 0.683. The smallest absolute Gasteiger partial charge is 0.407 e. The highest BCUT2D eigenvalue weighted by Gasteiger charge is 2.23. The molecular formula is C23H25N3O2. The second-order valence-corrected chi connectivity index (χ2v) is 7.13. The van der Waals surface area contributed by atoms with Gasteiger partial charge in [0.05, 0.1) is 23.6 Å². The third-order valence-corrected chi connectivity index (χ3v) is 5.18. The van der Waals surface area contributed by atoms with E-state index in [1.165, 1.54) is 11.1 Å². The monoisotopic (exact) mass is 375 g/mol. The molecule has 0 saturated carbocycles. The van der Waals surface area contributed by atoms with Crippen LogP contribution < -0.4 is 10.1 Å². The number of carbonyl (C=O) groups excluding carboxylic acids is 1. The average molecular weight is 375 g/mol. The molecule has 4 rings (SSSR count). The largest absolute Gasteiger partial charge is 0.413 e. The van der Waals surface area contributed by atoms with Crippen molar-refractivity contribution in [2.24, 2.45) is 0 Å². The summed E-state index contributed by atoms with van der Waals surface area (Å²) in [6.07, 6.45) is 5.98. The van der Waals surface area contributed by atoms with Crippen molar-refractivity contribution >= 4 is 6.09 Å². The fourth-order valence-corrected chi connectivity index (χ4v) is 3.88. The Balaban J connectivity index is 1.52. The van der Waals surface area contributed by atoms with Crippen molar-refractivity contribution in [1.29, 1.82) is 0 Å². The Morgan fingerprint density at radius 3 is 2.79 bits per heavy atom. The first kappa shape index (κ1) is 18.3. The lowest BCUT2D eigenvalue weighted by Gasteiger charge is -2.25. The maximum atomic E-state index is 12.6. The zero-order valence-electron chi connectivity index (χ0n) is 16.1. The van der Waals surface area contributed by atoms with E-state index in [0.29, 0.717) is 5.75 Å². The Bertz CT molecular complexity index is 949. The van der Waals surface area contributed by atoms with Crippen LogP contribution >= 0.6 is 0 Å². The summed E-state index contributed by atoms with van der Waals surface area (Å²) in [4.78, 5) is 12.6. The van der Waals surface area contributed by atoms with Crippen LogP contribution in [0.3, 0.4) is 0 Å². The van der Waals surface area contributed by atoms with Crippen LogP contribution in [0.2, 0.25) is 0 Å². The number of fused-ring (bicyclic) bond motifs is 1. The van der Waals surface area contributed by atoms with Crippen LogP contribution in [-0.2, 0) is 12.8 Å². The normalized spacial score (nSPS) is 15.7. The molecule has 0 bridgehead atoms. The molecule has 1 aliphatic rings. The van der Waals surface area contributed by atoms with E-state index < -0.39 is 6.09 Å². The summed E-state index contributed by atoms with van der Waals surface area (Å²) in [5.74, 6) is 0.521. The van der Waals surface area contributed by atoms with Crippen molar-refractivity contribution in [3.05, 3.63) is 77.6 Å². The SMILES string of the molecule is CCCc1c(OC(=O)NC2CCCc3ccccc32)cnn1-c1ccccc1. The molecule has 1 N–H and O–H groups in total. The molecule has 144 valence electrons. The average Bonchev–Trinajstić information content (AvgIpc) is 3.11. The minimum atomic E-state index is -0.424. The molecule has 1 aromatic heterocycles. The minimum absolute atomic E-state index is 0.00348. The number of aromatic nitrogens is 2. The first-order chi connectivity index (χ1) is 13.8. The number of carbonyl (C=O) groups is 1. The molecule has 1 aliphatic carbocycles. The van der Waals surface area contributed by atoms with Crippen molar-refractivity contribution in [1.82, 2.24) is 15.1 Å². The third kappa shape index (κ3) is 3.79. The fourth-order valence-electron chi connectivity index (χ4n) is 3.88. The number of benzene rings is 2. The Labute approximate surface area is 165 Å². The fraction of sp³-hybridized carbons (Fsp3) is 0.304. The van der Waals surface area contributed by atoms with E-state index in [-0.39, 0.29) is 6.04 Å². The van der Waals surface area contributed by atoms with Gasteiger partial charge in [0.15, 0.2) is 5.75 Å². The zero-order valence-corrected chi connectivity index (χ0v) is 16.1. The molecule has 1 amide bonds. The minimum Gasteiger partial charge on any atom is -0.407 e. The first-order valence-corrected chi connectivity index (χ1v) is 9.94. The van der Waals surface area contributed by atoms with Crippen molar-refractivity contribution in [2.75, 3.05) is 0 Å². The number of hydrogen-bond acceptors (Lipinski definition) is 3. The van der Waals surface area contributed by atoms with Crippen molar-refractivity contribution in [3.8, 4) is 11.4 Å². The van der Waals surface area contributed by atoms with Gasteiger partial charge in [-0.2, -0.15) is 5.10 Å². The van der Waals surface area contributed by atoms with E-state index in [1.54, 1.807) is 6.20 Å². The predicted molar refractivity (Wildman–Crippen MR) is 109 cm³/mol. The van der Waals surface area contributed by atoms with Gasteiger partial charge in [0.2, 0.25) is 0 Å². The molecule has 0 aliphatic heterocycles. The van der Waals surface area contributed by atoms with Crippen LogP contribution in [0.25, 0.3) is 5.69 Å². The maximum Gasteiger partial charge on any atom is 0.413 e. The molecule has 5 nitrogen and oxygen atoms in total. The summed E-state index contributed by atoms with van der Waals surface area (Å²) in [5, 5.41) is 7.50. The van der Waals surface area contributed by atoms with E-state index in [4.69, 9.17) is 4.74 Å². The van der Waals surface area contributed by atoms with Gasteiger partial charge in [-0.15, -0.1) is 0 Å². The Kier molecular flexibility index (Phi) is 5.42. The topological polar surface area (TPSA) is 56.1 Å². The molecule has 1 atom stereocenters. The second kappa shape index (κ2) is 8.30. The number of hydrogen-bond donors (Lipinski definition) is 1. The number of para-hydroxylation sites is 1. The van der Waals surface area contributed by atoms with Crippen LogP contribution in [0.4, 0.5) is 4.79 Å². The molecule has 1 unspecified atom stereocenters. The van der Waals surface area contributed by atoms with Gasteiger partial charge in [-0.1, -0.05) is 55.8 Å². The molecule has 3 aromatic rings. The van der Waals surface area contributed by atoms with Crippen LogP contribution in [0.15, 0.2) is 60.8 Å². The van der Waals surface area contributed by atoms with Gasteiger partial charge < -0.3 is 10.1 Å². The summed E-state index contributed by atoms with van der Waals surface area (Å²) in [6.45, 7) is 2.10. The van der Waals surface area contributed by atoms with Crippen molar-refractivity contribution in [3.63, 3.8) is 0 Å². The van der Waals surface area contributed by atoms with Gasteiger partial charge in [-0.25, -0.2) is 9.48 Å².